The third kappa shape index (κ3) is 3.74. The summed E-state index contributed by atoms with van der Waals surface area (Å²) in [7, 11) is 0. The zero-order valence-electron chi connectivity index (χ0n) is 13.6. The van der Waals surface area contributed by atoms with E-state index >= 15 is 0 Å². The van der Waals surface area contributed by atoms with Gasteiger partial charge in [-0.15, -0.1) is 10.2 Å². The van der Waals surface area contributed by atoms with Crippen LogP contribution in [0.15, 0.2) is 45.3 Å². The summed E-state index contributed by atoms with van der Waals surface area (Å²) in [5.41, 5.74) is 1.85. The van der Waals surface area contributed by atoms with E-state index in [2.05, 4.69) is 15.4 Å². The van der Waals surface area contributed by atoms with Gasteiger partial charge in [0.15, 0.2) is 4.34 Å². The van der Waals surface area contributed by atoms with E-state index < -0.39 is 0 Å². The van der Waals surface area contributed by atoms with Crippen LogP contribution in [0, 0.1) is 0 Å². The molecule has 3 aromatic rings. The monoisotopic (exact) mass is 372 g/mol. The Morgan fingerprint density at radius 3 is 2.84 bits per heavy atom. The van der Waals surface area contributed by atoms with Gasteiger partial charge in [0.1, 0.15) is 11.5 Å². The van der Waals surface area contributed by atoms with Gasteiger partial charge in [-0.3, -0.25) is 9.69 Å². The second kappa shape index (κ2) is 6.97. The van der Waals surface area contributed by atoms with Crippen LogP contribution in [0.5, 0.6) is 0 Å². The summed E-state index contributed by atoms with van der Waals surface area (Å²) in [6.45, 7) is 1.58. The summed E-state index contributed by atoms with van der Waals surface area (Å²) in [6, 6.07) is 12.2. The number of aromatic nitrogens is 3. The molecule has 1 saturated carbocycles. The first-order valence-corrected chi connectivity index (χ1v) is 9.78. The molecule has 1 aliphatic rings. The highest BCUT2D eigenvalue weighted by atomic mass is 32.2. The SMILES string of the molecule is CC(=O)N(c1nnc(SCc2cc(-c3ccccc3)no2)s1)C1CC1. The van der Waals surface area contributed by atoms with Crippen molar-refractivity contribution in [2.75, 3.05) is 4.90 Å². The number of rotatable bonds is 6. The van der Waals surface area contributed by atoms with E-state index in [-0.39, 0.29) is 5.91 Å². The van der Waals surface area contributed by atoms with E-state index in [9.17, 15) is 4.79 Å². The molecular formula is C17H16N4O2S2. The van der Waals surface area contributed by atoms with Crippen molar-refractivity contribution in [1.29, 1.82) is 0 Å². The summed E-state index contributed by atoms with van der Waals surface area (Å²) in [4.78, 5) is 13.5. The van der Waals surface area contributed by atoms with Gasteiger partial charge in [-0.25, -0.2) is 0 Å². The Balaban J connectivity index is 1.41. The minimum Gasteiger partial charge on any atom is -0.360 e. The molecule has 25 heavy (non-hydrogen) atoms. The minimum absolute atomic E-state index is 0.0259. The number of hydrogen-bond donors (Lipinski definition) is 0. The molecular weight excluding hydrogens is 356 g/mol. The number of nitrogens with zero attached hydrogens (tertiary/aromatic N) is 4. The quantitative estimate of drug-likeness (QED) is 0.481. The Morgan fingerprint density at radius 2 is 2.12 bits per heavy atom. The fourth-order valence-electron chi connectivity index (χ4n) is 2.50. The first kappa shape index (κ1) is 16.3. The number of thioether (sulfide) groups is 1. The summed E-state index contributed by atoms with van der Waals surface area (Å²) >= 11 is 2.98. The maximum atomic E-state index is 11.8. The van der Waals surface area contributed by atoms with Crippen molar-refractivity contribution in [1.82, 2.24) is 15.4 Å². The Labute approximate surface area is 153 Å². The van der Waals surface area contributed by atoms with Crippen LogP contribution in [-0.4, -0.2) is 27.3 Å². The van der Waals surface area contributed by atoms with E-state index in [1.54, 1.807) is 11.8 Å². The van der Waals surface area contributed by atoms with Gasteiger partial charge in [0, 0.05) is 24.6 Å². The number of anilines is 1. The van der Waals surface area contributed by atoms with Gasteiger partial charge in [0.25, 0.3) is 0 Å². The fraction of sp³-hybridized carbons (Fsp3) is 0.294. The zero-order chi connectivity index (χ0) is 17.2. The van der Waals surface area contributed by atoms with E-state index in [1.807, 2.05) is 36.4 Å². The second-order valence-electron chi connectivity index (χ2n) is 5.80. The van der Waals surface area contributed by atoms with Crippen molar-refractivity contribution < 1.29 is 9.32 Å². The molecule has 6 nitrogen and oxygen atoms in total. The molecule has 2 aromatic heterocycles. The number of benzene rings is 1. The first-order valence-electron chi connectivity index (χ1n) is 7.98. The molecule has 1 amide bonds. The summed E-state index contributed by atoms with van der Waals surface area (Å²) in [5.74, 6) is 1.43. The molecule has 4 rings (SSSR count). The molecule has 0 aliphatic heterocycles. The van der Waals surface area contributed by atoms with Gasteiger partial charge < -0.3 is 4.52 Å². The van der Waals surface area contributed by atoms with E-state index in [1.165, 1.54) is 23.1 Å². The van der Waals surface area contributed by atoms with Crippen molar-refractivity contribution in [2.24, 2.45) is 0 Å². The van der Waals surface area contributed by atoms with Gasteiger partial charge in [0.2, 0.25) is 11.0 Å². The highest BCUT2D eigenvalue weighted by molar-refractivity contribution is 8.00. The first-order chi connectivity index (χ1) is 12.2. The Hall–Kier alpha value is -2.19. The topological polar surface area (TPSA) is 72.1 Å². The van der Waals surface area contributed by atoms with Crippen LogP contribution in [0.3, 0.4) is 0 Å². The van der Waals surface area contributed by atoms with E-state index in [0.717, 1.165) is 34.2 Å². The van der Waals surface area contributed by atoms with Crippen molar-refractivity contribution >= 4 is 34.1 Å². The normalized spacial score (nSPS) is 13.8. The zero-order valence-corrected chi connectivity index (χ0v) is 15.2. The van der Waals surface area contributed by atoms with Gasteiger partial charge in [-0.1, -0.05) is 58.6 Å². The van der Waals surface area contributed by atoms with Gasteiger partial charge in [-0.2, -0.15) is 0 Å². The lowest BCUT2D eigenvalue weighted by molar-refractivity contribution is -0.116. The molecule has 8 heteroatoms. The van der Waals surface area contributed by atoms with Crippen molar-refractivity contribution in [3.8, 4) is 11.3 Å². The Morgan fingerprint density at radius 1 is 1.32 bits per heavy atom. The van der Waals surface area contributed by atoms with Gasteiger partial charge in [-0.05, 0) is 12.8 Å². The molecule has 1 aromatic carbocycles. The lowest BCUT2D eigenvalue weighted by Crippen LogP contribution is -2.30. The molecule has 0 unspecified atom stereocenters. The predicted octanol–water partition coefficient (Wildman–Crippen LogP) is 4.00. The molecule has 0 bridgehead atoms. The molecule has 0 radical (unpaired) electrons. The number of carbonyl (C=O) groups excluding carboxylic acids is 1. The number of hydrogen-bond acceptors (Lipinski definition) is 7. The van der Waals surface area contributed by atoms with E-state index in [4.69, 9.17) is 4.52 Å². The van der Waals surface area contributed by atoms with Crippen LogP contribution < -0.4 is 4.90 Å². The average molecular weight is 372 g/mol. The largest absolute Gasteiger partial charge is 0.360 e. The third-order valence-corrected chi connectivity index (χ3v) is 5.90. The molecule has 0 atom stereocenters. The van der Waals surface area contributed by atoms with E-state index in [0.29, 0.717) is 16.9 Å². The Kier molecular flexibility index (Phi) is 4.54. The lowest BCUT2D eigenvalue weighted by atomic mass is 10.1. The summed E-state index contributed by atoms with van der Waals surface area (Å²) in [6.07, 6.45) is 2.09. The molecule has 128 valence electrons. The molecule has 1 aliphatic carbocycles. The van der Waals surface area contributed by atoms with Crippen molar-refractivity contribution in [3.63, 3.8) is 0 Å². The molecule has 0 spiro atoms. The minimum atomic E-state index is 0.0259. The number of carbonyl (C=O) groups is 1. The average Bonchev–Trinajstić information content (AvgIpc) is 3.14. The van der Waals surface area contributed by atoms with Gasteiger partial charge >= 0.3 is 0 Å². The van der Waals surface area contributed by atoms with Crippen LogP contribution in [0.4, 0.5) is 5.13 Å². The van der Waals surface area contributed by atoms with Crippen molar-refractivity contribution in [2.45, 2.75) is 35.9 Å². The fourth-order valence-corrected chi connectivity index (χ4v) is 4.33. The van der Waals surface area contributed by atoms with Crippen LogP contribution in [-0.2, 0) is 10.5 Å². The van der Waals surface area contributed by atoms with Crippen LogP contribution >= 0.6 is 23.1 Å². The van der Waals surface area contributed by atoms with Crippen LogP contribution in [0.2, 0.25) is 0 Å². The smallest absolute Gasteiger partial charge is 0.225 e. The maximum Gasteiger partial charge on any atom is 0.225 e. The predicted molar refractivity (Wildman–Crippen MR) is 97.6 cm³/mol. The molecule has 0 saturated heterocycles. The second-order valence-corrected chi connectivity index (χ2v) is 7.98. The molecule has 1 fully saturated rings. The van der Waals surface area contributed by atoms with Crippen LogP contribution in [0.1, 0.15) is 25.5 Å². The molecule has 0 N–H and O–H groups in total. The Bertz CT molecular complexity index is 874. The van der Waals surface area contributed by atoms with Gasteiger partial charge in [0.05, 0.1) is 5.75 Å². The molecule has 2 heterocycles. The van der Waals surface area contributed by atoms with Crippen LogP contribution in [0.25, 0.3) is 11.3 Å². The summed E-state index contributed by atoms with van der Waals surface area (Å²) < 4.78 is 6.22. The summed E-state index contributed by atoms with van der Waals surface area (Å²) in [5, 5.41) is 13.1. The third-order valence-electron chi connectivity index (χ3n) is 3.82. The standard InChI is InChI=1S/C17H16N4O2S2/c1-11(22)21(13-7-8-13)16-18-19-17(25-16)24-10-14-9-15(20-23-14)12-5-3-2-4-6-12/h2-6,9,13H,7-8,10H2,1H3. The highest BCUT2D eigenvalue weighted by Crippen LogP contribution is 2.36. The lowest BCUT2D eigenvalue weighted by Gasteiger charge is -2.15. The number of amides is 1. The highest BCUT2D eigenvalue weighted by Gasteiger charge is 2.34. The van der Waals surface area contributed by atoms with Crippen molar-refractivity contribution in [3.05, 3.63) is 42.2 Å². The maximum absolute atomic E-state index is 11.8.